The number of aromatic nitrogens is 4. The molecule has 0 aliphatic rings. The molecule has 9 heteroatoms. The van der Waals surface area contributed by atoms with E-state index in [0.29, 0.717) is 22.3 Å². The molecule has 1 aromatic heterocycles. The first-order chi connectivity index (χ1) is 13.1. The molecule has 0 saturated heterocycles. The molecule has 0 aliphatic heterocycles. The molecular weight excluding hydrogens is 366 g/mol. The van der Waals surface area contributed by atoms with Gasteiger partial charge in [-0.05, 0) is 47.2 Å². The lowest BCUT2D eigenvalue weighted by atomic mass is 10.2. The third kappa shape index (κ3) is 4.56. The third-order valence-electron chi connectivity index (χ3n) is 3.70. The molecule has 0 unspecified atom stereocenters. The van der Waals surface area contributed by atoms with Crippen molar-refractivity contribution in [2.24, 2.45) is 0 Å². The predicted octanol–water partition coefficient (Wildman–Crippen LogP) is 2.72. The lowest BCUT2D eigenvalue weighted by Crippen LogP contribution is -2.15. The highest BCUT2D eigenvalue weighted by molar-refractivity contribution is 7.99. The summed E-state index contributed by atoms with van der Waals surface area (Å²) in [7, 11) is 3.11. The normalized spacial score (nSPS) is 10.5. The number of ether oxygens (including phenoxy) is 2. The Hall–Kier alpha value is -3.07. The fourth-order valence-electron chi connectivity index (χ4n) is 2.42. The van der Waals surface area contributed by atoms with Gasteiger partial charge in [0.1, 0.15) is 11.5 Å². The first-order valence-electron chi connectivity index (χ1n) is 8.11. The number of nitrogens with one attached hydrogen (secondary N) is 1. The zero-order valence-electron chi connectivity index (χ0n) is 15.2. The number of tetrazole rings is 1. The van der Waals surface area contributed by atoms with Gasteiger partial charge in [-0.25, -0.2) is 0 Å². The smallest absolute Gasteiger partial charge is 0.234 e. The van der Waals surface area contributed by atoms with Crippen LogP contribution in [0.1, 0.15) is 5.56 Å². The van der Waals surface area contributed by atoms with E-state index in [1.54, 1.807) is 37.1 Å². The Morgan fingerprint density at radius 3 is 2.78 bits per heavy atom. The molecule has 0 spiro atoms. The van der Waals surface area contributed by atoms with Crippen molar-refractivity contribution < 1.29 is 14.3 Å². The maximum Gasteiger partial charge on any atom is 0.234 e. The second kappa shape index (κ2) is 8.54. The summed E-state index contributed by atoms with van der Waals surface area (Å²) in [5.74, 6) is 1.12. The van der Waals surface area contributed by atoms with E-state index >= 15 is 0 Å². The van der Waals surface area contributed by atoms with Crippen LogP contribution in [0.5, 0.6) is 11.5 Å². The highest BCUT2D eigenvalue weighted by Crippen LogP contribution is 2.29. The van der Waals surface area contributed by atoms with E-state index in [2.05, 4.69) is 20.8 Å². The molecule has 140 valence electrons. The molecule has 0 bridgehead atoms. The zero-order valence-corrected chi connectivity index (χ0v) is 16.0. The quantitative estimate of drug-likeness (QED) is 0.625. The number of carbonyl (C=O) groups is 1. The van der Waals surface area contributed by atoms with Crippen LogP contribution in [0.25, 0.3) is 5.69 Å². The third-order valence-corrected chi connectivity index (χ3v) is 4.62. The molecule has 0 radical (unpaired) electrons. The molecule has 3 rings (SSSR count). The summed E-state index contributed by atoms with van der Waals surface area (Å²) in [6.07, 6.45) is 0. The van der Waals surface area contributed by atoms with Crippen molar-refractivity contribution in [3.8, 4) is 17.2 Å². The molecule has 0 atom stereocenters. The van der Waals surface area contributed by atoms with Crippen LogP contribution in [0.4, 0.5) is 5.69 Å². The van der Waals surface area contributed by atoms with Gasteiger partial charge < -0.3 is 14.8 Å². The maximum absolute atomic E-state index is 12.4. The minimum atomic E-state index is -0.203. The van der Waals surface area contributed by atoms with Gasteiger partial charge in [-0.2, -0.15) is 4.68 Å². The lowest BCUT2D eigenvalue weighted by Gasteiger charge is -2.11. The number of anilines is 1. The number of nitrogens with zero attached hydrogens (tertiary/aromatic N) is 4. The van der Waals surface area contributed by atoms with Gasteiger partial charge in [0, 0.05) is 6.07 Å². The fraction of sp³-hybridized carbons (Fsp3) is 0.222. The number of rotatable bonds is 7. The van der Waals surface area contributed by atoms with Gasteiger partial charge >= 0.3 is 0 Å². The summed E-state index contributed by atoms with van der Waals surface area (Å²) >= 11 is 1.25. The number of thioether (sulfide) groups is 1. The lowest BCUT2D eigenvalue weighted by molar-refractivity contribution is -0.113. The molecule has 1 heterocycles. The molecule has 0 fully saturated rings. The van der Waals surface area contributed by atoms with Crippen LogP contribution in [0.15, 0.2) is 47.6 Å². The van der Waals surface area contributed by atoms with Crippen LogP contribution in [0, 0.1) is 6.92 Å². The van der Waals surface area contributed by atoms with Gasteiger partial charge in [-0.3, -0.25) is 4.79 Å². The summed E-state index contributed by atoms with van der Waals surface area (Å²) in [4.78, 5) is 12.4. The molecule has 0 saturated carbocycles. The van der Waals surface area contributed by atoms with Crippen molar-refractivity contribution in [3.63, 3.8) is 0 Å². The van der Waals surface area contributed by atoms with Crippen LogP contribution >= 0.6 is 11.8 Å². The SMILES string of the molecule is COc1ccc(OC)c(NC(=O)CSc2nnnn2-c2cccc(C)c2)c1. The van der Waals surface area contributed by atoms with Crippen molar-refractivity contribution in [2.75, 3.05) is 25.3 Å². The number of hydrogen-bond acceptors (Lipinski definition) is 7. The molecule has 1 amide bonds. The standard InChI is InChI=1S/C18H19N5O3S/c1-12-5-4-6-13(9-12)23-18(20-21-22-23)27-11-17(24)19-15-10-14(25-2)7-8-16(15)26-3/h4-10H,11H2,1-3H3,(H,19,24). The minimum absolute atomic E-state index is 0.145. The van der Waals surface area contributed by atoms with Crippen LogP contribution < -0.4 is 14.8 Å². The number of carbonyl (C=O) groups excluding carboxylic acids is 1. The summed E-state index contributed by atoms with van der Waals surface area (Å²) < 4.78 is 12.1. The van der Waals surface area contributed by atoms with Gasteiger partial charge in [0.15, 0.2) is 0 Å². The zero-order chi connectivity index (χ0) is 19.2. The number of methoxy groups -OCH3 is 2. The van der Waals surface area contributed by atoms with Gasteiger partial charge in [-0.15, -0.1) is 5.10 Å². The largest absolute Gasteiger partial charge is 0.497 e. The fourth-order valence-corrected chi connectivity index (χ4v) is 3.11. The monoisotopic (exact) mass is 385 g/mol. The average Bonchev–Trinajstić information content (AvgIpc) is 3.15. The second-order valence-electron chi connectivity index (χ2n) is 5.62. The van der Waals surface area contributed by atoms with Crippen LogP contribution in [0.2, 0.25) is 0 Å². The van der Waals surface area contributed by atoms with Gasteiger partial charge in [0.05, 0.1) is 31.3 Å². The highest BCUT2D eigenvalue weighted by atomic mass is 32.2. The van der Waals surface area contributed by atoms with Gasteiger partial charge in [-0.1, -0.05) is 23.9 Å². The Bertz CT molecular complexity index is 944. The Labute approximate surface area is 160 Å². The minimum Gasteiger partial charge on any atom is -0.497 e. The molecule has 2 aromatic carbocycles. The Morgan fingerprint density at radius 1 is 1.19 bits per heavy atom. The Balaban J connectivity index is 1.68. The Morgan fingerprint density at radius 2 is 2.04 bits per heavy atom. The topological polar surface area (TPSA) is 91.2 Å². The van der Waals surface area contributed by atoms with E-state index in [1.807, 2.05) is 31.2 Å². The molecule has 8 nitrogen and oxygen atoms in total. The van der Waals surface area contributed by atoms with E-state index in [-0.39, 0.29) is 11.7 Å². The van der Waals surface area contributed by atoms with Crippen molar-refractivity contribution >= 4 is 23.4 Å². The maximum atomic E-state index is 12.4. The Kier molecular flexibility index (Phi) is 5.92. The summed E-state index contributed by atoms with van der Waals surface area (Å²) in [5, 5.41) is 15.1. The molecule has 3 aromatic rings. The molecule has 0 aliphatic carbocycles. The number of amides is 1. The highest BCUT2D eigenvalue weighted by Gasteiger charge is 2.13. The van der Waals surface area contributed by atoms with Gasteiger partial charge in [0.25, 0.3) is 0 Å². The summed E-state index contributed by atoms with van der Waals surface area (Å²) in [6, 6.07) is 13.0. The van der Waals surface area contributed by atoms with E-state index in [4.69, 9.17) is 9.47 Å². The molecule has 27 heavy (non-hydrogen) atoms. The van der Waals surface area contributed by atoms with E-state index in [9.17, 15) is 4.79 Å². The molecule has 1 N–H and O–H groups in total. The van der Waals surface area contributed by atoms with E-state index in [0.717, 1.165) is 11.3 Å². The first-order valence-corrected chi connectivity index (χ1v) is 9.09. The summed E-state index contributed by atoms with van der Waals surface area (Å²) in [5.41, 5.74) is 2.49. The number of hydrogen-bond donors (Lipinski definition) is 1. The van der Waals surface area contributed by atoms with Crippen molar-refractivity contribution in [1.82, 2.24) is 20.2 Å². The summed E-state index contributed by atoms with van der Waals surface area (Å²) in [6.45, 7) is 2.00. The first kappa shape index (κ1) is 18.7. The van der Waals surface area contributed by atoms with Crippen molar-refractivity contribution in [1.29, 1.82) is 0 Å². The van der Waals surface area contributed by atoms with E-state index in [1.165, 1.54) is 11.8 Å². The number of benzene rings is 2. The number of aryl methyl sites for hydroxylation is 1. The van der Waals surface area contributed by atoms with Crippen LogP contribution in [-0.4, -0.2) is 46.1 Å². The molecular formula is C18H19N5O3S. The van der Waals surface area contributed by atoms with Crippen molar-refractivity contribution in [2.45, 2.75) is 12.1 Å². The van der Waals surface area contributed by atoms with Crippen LogP contribution in [0.3, 0.4) is 0 Å². The average molecular weight is 385 g/mol. The second-order valence-corrected chi connectivity index (χ2v) is 6.56. The van der Waals surface area contributed by atoms with Gasteiger partial charge in [0.2, 0.25) is 11.1 Å². The van der Waals surface area contributed by atoms with E-state index < -0.39 is 0 Å². The van der Waals surface area contributed by atoms with Crippen LogP contribution in [-0.2, 0) is 4.79 Å². The predicted molar refractivity (Wildman–Crippen MR) is 103 cm³/mol. The van der Waals surface area contributed by atoms with Crippen molar-refractivity contribution in [3.05, 3.63) is 48.0 Å².